The van der Waals surface area contributed by atoms with E-state index in [1.54, 1.807) is 18.9 Å². The molecule has 0 saturated heterocycles. The summed E-state index contributed by atoms with van der Waals surface area (Å²) >= 11 is 1.71. The van der Waals surface area contributed by atoms with Gasteiger partial charge in [0.1, 0.15) is 11.4 Å². The molecule has 1 atom stereocenters. The predicted molar refractivity (Wildman–Crippen MR) is 117 cm³/mol. The second-order valence-corrected chi connectivity index (χ2v) is 8.50. The number of aromatic nitrogens is 2. The average molecular weight is 408 g/mol. The highest BCUT2D eigenvalue weighted by molar-refractivity contribution is 7.98. The monoisotopic (exact) mass is 407 g/mol. The fourth-order valence-electron chi connectivity index (χ4n) is 3.88. The highest BCUT2D eigenvalue weighted by Crippen LogP contribution is 2.43. The molecular weight excluding hydrogens is 382 g/mol. The Balaban J connectivity index is 1.83. The van der Waals surface area contributed by atoms with Crippen LogP contribution in [-0.2, 0) is 0 Å². The van der Waals surface area contributed by atoms with E-state index in [4.69, 9.17) is 4.74 Å². The van der Waals surface area contributed by atoms with E-state index in [-0.39, 0.29) is 11.9 Å². The van der Waals surface area contributed by atoms with Crippen LogP contribution >= 0.6 is 11.8 Å². The molecule has 1 aliphatic heterocycles. The van der Waals surface area contributed by atoms with Crippen molar-refractivity contribution in [2.24, 2.45) is 5.92 Å². The molecular formula is C23H25N3O2S. The van der Waals surface area contributed by atoms with Gasteiger partial charge in [-0.2, -0.15) is 5.10 Å². The van der Waals surface area contributed by atoms with E-state index >= 15 is 0 Å². The summed E-state index contributed by atoms with van der Waals surface area (Å²) in [5, 5.41) is 7.53. The van der Waals surface area contributed by atoms with Gasteiger partial charge in [-0.05, 0) is 54.1 Å². The number of thioether (sulfide) groups is 1. The molecule has 5 nitrogen and oxygen atoms in total. The van der Waals surface area contributed by atoms with Crippen LogP contribution in [0.1, 0.15) is 41.5 Å². The van der Waals surface area contributed by atoms with Crippen molar-refractivity contribution >= 4 is 17.7 Å². The Labute approximate surface area is 175 Å². The average Bonchev–Trinajstić information content (AvgIpc) is 3.27. The number of carbonyl (C=O) groups excluding carboxylic acids is 1. The Hall–Kier alpha value is -2.73. The molecule has 1 N–H and O–H groups in total. The number of rotatable bonds is 6. The van der Waals surface area contributed by atoms with Gasteiger partial charge in [-0.3, -0.25) is 9.89 Å². The second-order valence-electron chi connectivity index (χ2n) is 7.62. The highest BCUT2D eigenvalue weighted by Gasteiger charge is 2.42. The largest absolute Gasteiger partial charge is 0.497 e. The molecule has 4 rings (SSSR count). The van der Waals surface area contributed by atoms with Crippen LogP contribution in [0.15, 0.2) is 53.4 Å². The van der Waals surface area contributed by atoms with Gasteiger partial charge in [0.15, 0.2) is 0 Å². The SMILES string of the molecule is COc1ccc(-c2n[nH]c3c2C(c2ccc(SC)cc2)N(CC(C)C)C3=O)cc1. The number of carbonyl (C=O) groups is 1. The third kappa shape index (κ3) is 3.53. The molecule has 1 aromatic heterocycles. The Morgan fingerprint density at radius 2 is 1.83 bits per heavy atom. The molecule has 6 heteroatoms. The van der Waals surface area contributed by atoms with Crippen molar-refractivity contribution in [1.82, 2.24) is 15.1 Å². The van der Waals surface area contributed by atoms with Crippen LogP contribution in [0.3, 0.4) is 0 Å². The number of nitrogens with zero attached hydrogens (tertiary/aromatic N) is 2. The first kappa shape index (κ1) is 19.6. The van der Waals surface area contributed by atoms with Crippen molar-refractivity contribution in [3.63, 3.8) is 0 Å². The summed E-state index contributed by atoms with van der Waals surface area (Å²) < 4.78 is 5.28. The van der Waals surface area contributed by atoms with Crippen molar-refractivity contribution in [3.05, 3.63) is 65.4 Å². The van der Waals surface area contributed by atoms with Crippen molar-refractivity contribution in [1.29, 1.82) is 0 Å². The summed E-state index contributed by atoms with van der Waals surface area (Å²) in [5.41, 5.74) is 4.44. The number of hydrogen-bond donors (Lipinski definition) is 1. The van der Waals surface area contributed by atoms with E-state index in [0.717, 1.165) is 28.1 Å². The number of aromatic amines is 1. The smallest absolute Gasteiger partial charge is 0.273 e. The zero-order chi connectivity index (χ0) is 20.5. The van der Waals surface area contributed by atoms with Crippen molar-refractivity contribution in [2.45, 2.75) is 24.8 Å². The fraction of sp³-hybridized carbons (Fsp3) is 0.304. The molecule has 3 aromatic rings. The molecule has 2 heterocycles. The van der Waals surface area contributed by atoms with Gasteiger partial charge < -0.3 is 9.64 Å². The summed E-state index contributed by atoms with van der Waals surface area (Å²) in [6.07, 6.45) is 2.06. The number of nitrogens with one attached hydrogen (secondary N) is 1. The summed E-state index contributed by atoms with van der Waals surface area (Å²) in [6.45, 7) is 4.96. The molecule has 2 aromatic carbocycles. The normalized spacial score (nSPS) is 15.8. The lowest BCUT2D eigenvalue weighted by molar-refractivity contribution is 0.0722. The Morgan fingerprint density at radius 3 is 2.41 bits per heavy atom. The van der Waals surface area contributed by atoms with Gasteiger partial charge in [0.25, 0.3) is 5.91 Å². The maximum atomic E-state index is 13.2. The third-order valence-electron chi connectivity index (χ3n) is 5.22. The number of H-pyrrole nitrogens is 1. The predicted octanol–water partition coefficient (Wildman–Crippen LogP) is 5.01. The molecule has 0 aliphatic carbocycles. The Morgan fingerprint density at radius 1 is 1.14 bits per heavy atom. The number of ether oxygens (including phenoxy) is 1. The molecule has 150 valence electrons. The molecule has 0 saturated carbocycles. The van der Waals surface area contributed by atoms with Gasteiger partial charge >= 0.3 is 0 Å². The third-order valence-corrected chi connectivity index (χ3v) is 5.96. The highest BCUT2D eigenvalue weighted by atomic mass is 32.2. The van der Waals surface area contributed by atoms with Crippen LogP contribution in [-0.4, -0.2) is 40.9 Å². The number of hydrogen-bond acceptors (Lipinski definition) is 4. The van der Waals surface area contributed by atoms with Gasteiger partial charge in [0, 0.05) is 22.6 Å². The molecule has 0 bridgehead atoms. The van der Waals surface area contributed by atoms with Crippen LogP contribution in [0.2, 0.25) is 0 Å². The van der Waals surface area contributed by atoms with Gasteiger partial charge in [-0.1, -0.05) is 26.0 Å². The summed E-state index contributed by atoms with van der Waals surface area (Å²) in [5.74, 6) is 1.18. The van der Waals surface area contributed by atoms with E-state index in [0.29, 0.717) is 18.2 Å². The van der Waals surface area contributed by atoms with Gasteiger partial charge in [0.05, 0.1) is 18.8 Å². The van der Waals surface area contributed by atoms with Gasteiger partial charge in [0.2, 0.25) is 0 Å². The lowest BCUT2D eigenvalue weighted by Gasteiger charge is -2.28. The topological polar surface area (TPSA) is 58.2 Å². The quantitative estimate of drug-likeness (QED) is 0.584. The number of amides is 1. The lowest BCUT2D eigenvalue weighted by Crippen LogP contribution is -2.32. The zero-order valence-electron chi connectivity index (χ0n) is 17.1. The second kappa shape index (κ2) is 7.95. The minimum Gasteiger partial charge on any atom is -0.497 e. The van der Waals surface area contributed by atoms with Crippen LogP contribution in [0, 0.1) is 5.92 Å². The zero-order valence-corrected chi connectivity index (χ0v) is 17.9. The molecule has 29 heavy (non-hydrogen) atoms. The van der Waals surface area contributed by atoms with E-state index in [1.165, 1.54) is 4.90 Å². The number of fused-ring (bicyclic) bond motifs is 1. The standard InChI is InChI=1S/C23H25N3O2S/c1-14(2)13-26-22(16-7-11-18(29-4)12-8-16)19-20(24-25-21(19)23(26)27)15-5-9-17(28-3)10-6-15/h5-12,14,22H,13H2,1-4H3,(H,24,25). The minimum atomic E-state index is -0.147. The first-order chi connectivity index (χ1) is 14.0. The van der Waals surface area contributed by atoms with Crippen LogP contribution < -0.4 is 4.74 Å². The van der Waals surface area contributed by atoms with Crippen LogP contribution in [0.5, 0.6) is 5.75 Å². The maximum Gasteiger partial charge on any atom is 0.273 e. The van der Waals surface area contributed by atoms with Crippen molar-refractivity contribution < 1.29 is 9.53 Å². The molecule has 1 unspecified atom stereocenters. The van der Waals surface area contributed by atoms with Gasteiger partial charge in [-0.25, -0.2) is 0 Å². The van der Waals surface area contributed by atoms with Crippen LogP contribution in [0.4, 0.5) is 0 Å². The number of methoxy groups -OCH3 is 1. The first-order valence-electron chi connectivity index (χ1n) is 9.71. The molecule has 0 radical (unpaired) electrons. The Bertz CT molecular complexity index is 1010. The fourth-order valence-corrected chi connectivity index (χ4v) is 4.29. The summed E-state index contributed by atoms with van der Waals surface area (Å²) in [6, 6.07) is 16.1. The Kier molecular flexibility index (Phi) is 5.37. The summed E-state index contributed by atoms with van der Waals surface area (Å²) in [7, 11) is 1.65. The molecule has 1 aliphatic rings. The summed E-state index contributed by atoms with van der Waals surface area (Å²) in [4.78, 5) is 16.4. The first-order valence-corrected chi connectivity index (χ1v) is 10.9. The van der Waals surface area contributed by atoms with Crippen LogP contribution in [0.25, 0.3) is 11.3 Å². The van der Waals surface area contributed by atoms with E-state index in [2.05, 4.69) is 54.6 Å². The van der Waals surface area contributed by atoms with Crippen molar-refractivity contribution in [3.8, 4) is 17.0 Å². The van der Waals surface area contributed by atoms with E-state index in [1.807, 2.05) is 29.2 Å². The lowest BCUT2D eigenvalue weighted by atomic mass is 9.95. The van der Waals surface area contributed by atoms with Crippen molar-refractivity contribution in [2.75, 3.05) is 19.9 Å². The van der Waals surface area contributed by atoms with Gasteiger partial charge in [-0.15, -0.1) is 11.8 Å². The molecule has 0 fully saturated rings. The maximum absolute atomic E-state index is 13.2. The number of benzene rings is 2. The van der Waals surface area contributed by atoms with E-state index < -0.39 is 0 Å². The molecule has 1 amide bonds. The molecule has 0 spiro atoms. The van der Waals surface area contributed by atoms with E-state index in [9.17, 15) is 4.79 Å². The minimum absolute atomic E-state index is 0.0138.